The van der Waals surface area contributed by atoms with Gasteiger partial charge in [-0.05, 0) is 55.7 Å². The van der Waals surface area contributed by atoms with Crippen LogP contribution in [0.3, 0.4) is 0 Å². The smallest absolute Gasteiger partial charge is 0.232 e. The van der Waals surface area contributed by atoms with Crippen molar-refractivity contribution in [1.82, 2.24) is 10.3 Å². The Morgan fingerprint density at radius 1 is 1.37 bits per heavy atom. The molecule has 2 aromatic rings. The first-order chi connectivity index (χ1) is 13.0. The maximum Gasteiger partial charge on any atom is 0.232 e. The van der Waals surface area contributed by atoms with Crippen molar-refractivity contribution in [2.75, 3.05) is 13.7 Å². The summed E-state index contributed by atoms with van der Waals surface area (Å²) in [6, 6.07) is 9.63. The van der Waals surface area contributed by atoms with Crippen molar-refractivity contribution in [2.45, 2.75) is 32.7 Å². The first-order valence-electron chi connectivity index (χ1n) is 8.97. The quantitative estimate of drug-likeness (QED) is 0.809. The lowest BCUT2D eigenvalue weighted by Gasteiger charge is -2.15. The van der Waals surface area contributed by atoms with Gasteiger partial charge in [-0.25, -0.2) is 4.98 Å². The molecule has 5 nitrogen and oxygen atoms in total. The van der Waals surface area contributed by atoms with E-state index >= 15 is 0 Å². The van der Waals surface area contributed by atoms with Gasteiger partial charge in [-0.1, -0.05) is 23.7 Å². The molecule has 0 aliphatic carbocycles. The summed E-state index contributed by atoms with van der Waals surface area (Å²) in [5.41, 5.74) is 3.69. The number of pyridine rings is 1. The van der Waals surface area contributed by atoms with Crippen LogP contribution in [0, 0.1) is 6.92 Å². The fraction of sp³-hybridized carbons (Fsp3) is 0.333. The Morgan fingerprint density at radius 3 is 2.81 bits per heavy atom. The first kappa shape index (κ1) is 19.2. The molecule has 0 spiro atoms. The second kappa shape index (κ2) is 8.44. The van der Waals surface area contributed by atoms with Crippen molar-refractivity contribution < 1.29 is 14.3 Å². The lowest BCUT2D eigenvalue weighted by molar-refractivity contribution is -0.119. The van der Waals surface area contributed by atoms with E-state index in [1.165, 1.54) is 0 Å². The molecule has 1 amide bonds. The average Bonchev–Trinajstić information content (AvgIpc) is 3.07. The Hall–Kier alpha value is -2.53. The third-order valence-electron chi connectivity index (χ3n) is 4.47. The summed E-state index contributed by atoms with van der Waals surface area (Å²) in [7, 11) is 1.54. The van der Waals surface area contributed by atoms with Gasteiger partial charge >= 0.3 is 0 Å². The number of benzene rings is 1. The number of methoxy groups -OCH3 is 1. The third kappa shape index (κ3) is 4.42. The molecule has 1 aromatic heterocycles. The molecule has 0 saturated carbocycles. The number of hydrogen-bond acceptors (Lipinski definition) is 4. The SMILES string of the molecule is CCOc1ccc(/C(=C\[C@H]2CCC(=O)N2)c2ccc(Cl)c(OC)n2)cc1C. The van der Waals surface area contributed by atoms with Gasteiger partial charge in [0.15, 0.2) is 0 Å². The molecule has 2 heterocycles. The number of aryl methyl sites for hydroxylation is 1. The number of ether oxygens (including phenoxy) is 2. The third-order valence-corrected chi connectivity index (χ3v) is 4.75. The lowest BCUT2D eigenvalue weighted by atomic mass is 9.97. The number of aromatic nitrogens is 1. The summed E-state index contributed by atoms with van der Waals surface area (Å²) in [5.74, 6) is 1.30. The van der Waals surface area contributed by atoms with E-state index < -0.39 is 0 Å². The molecule has 1 N–H and O–H groups in total. The molecule has 0 radical (unpaired) electrons. The Kier molecular flexibility index (Phi) is 6.01. The Morgan fingerprint density at radius 2 is 2.19 bits per heavy atom. The van der Waals surface area contributed by atoms with Crippen LogP contribution in [-0.4, -0.2) is 30.6 Å². The minimum atomic E-state index is -0.0251. The predicted molar refractivity (Wildman–Crippen MR) is 106 cm³/mol. The van der Waals surface area contributed by atoms with Crippen molar-refractivity contribution >= 4 is 23.1 Å². The van der Waals surface area contributed by atoms with E-state index in [0.29, 0.717) is 23.9 Å². The number of rotatable bonds is 6. The summed E-state index contributed by atoms with van der Waals surface area (Å²) in [5, 5.41) is 3.44. The fourth-order valence-electron chi connectivity index (χ4n) is 3.14. The first-order valence-corrected chi connectivity index (χ1v) is 9.35. The number of nitrogens with zero attached hydrogens (tertiary/aromatic N) is 1. The van der Waals surface area contributed by atoms with E-state index in [2.05, 4.69) is 22.4 Å². The van der Waals surface area contributed by atoms with Crippen LogP contribution in [0.25, 0.3) is 5.57 Å². The fourth-order valence-corrected chi connectivity index (χ4v) is 3.33. The number of hydrogen-bond donors (Lipinski definition) is 1. The molecule has 1 aromatic carbocycles. The molecule has 1 saturated heterocycles. The van der Waals surface area contributed by atoms with Gasteiger partial charge < -0.3 is 14.8 Å². The van der Waals surface area contributed by atoms with E-state index in [-0.39, 0.29) is 11.9 Å². The van der Waals surface area contributed by atoms with E-state index in [4.69, 9.17) is 21.1 Å². The highest BCUT2D eigenvalue weighted by molar-refractivity contribution is 6.31. The minimum Gasteiger partial charge on any atom is -0.494 e. The monoisotopic (exact) mass is 386 g/mol. The van der Waals surface area contributed by atoms with Crippen LogP contribution >= 0.6 is 11.6 Å². The molecule has 1 aliphatic rings. The number of amides is 1. The van der Waals surface area contributed by atoms with Crippen molar-refractivity contribution in [2.24, 2.45) is 0 Å². The van der Waals surface area contributed by atoms with E-state index in [0.717, 1.165) is 34.6 Å². The van der Waals surface area contributed by atoms with Crippen LogP contribution in [0.1, 0.15) is 36.6 Å². The van der Waals surface area contributed by atoms with Crippen LogP contribution < -0.4 is 14.8 Å². The van der Waals surface area contributed by atoms with Crippen LogP contribution in [0.5, 0.6) is 11.6 Å². The van der Waals surface area contributed by atoms with Crippen molar-refractivity contribution in [3.8, 4) is 11.6 Å². The van der Waals surface area contributed by atoms with E-state index in [1.807, 2.05) is 32.0 Å². The molecule has 27 heavy (non-hydrogen) atoms. The highest BCUT2D eigenvalue weighted by atomic mass is 35.5. The molecular formula is C21H23ClN2O3. The van der Waals surface area contributed by atoms with Gasteiger partial charge in [-0.2, -0.15) is 0 Å². The van der Waals surface area contributed by atoms with Gasteiger partial charge in [0.05, 0.1) is 19.4 Å². The van der Waals surface area contributed by atoms with E-state index in [1.54, 1.807) is 13.2 Å². The summed E-state index contributed by atoms with van der Waals surface area (Å²) < 4.78 is 10.9. The molecule has 3 rings (SSSR count). The van der Waals surface area contributed by atoms with Gasteiger partial charge in [0.25, 0.3) is 0 Å². The molecule has 1 aliphatic heterocycles. The number of carbonyl (C=O) groups excluding carboxylic acids is 1. The van der Waals surface area contributed by atoms with Gasteiger partial charge in [0.1, 0.15) is 10.8 Å². The largest absolute Gasteiger partial charge is 0.494 e. The summed E-state index contributed by atoms with van der Waals surface area (Å²) in [6.07, 6.45) is 3.35. The molecule has 1 atom stereocenters. The number of carbonyl (C=O) groups is 1. The number of nitrogens with one attached hydrogen (secondary N) is 1. The van der Waals surface area contributed by atoms with Crippen LogP contribution in [-0.2, 0) is 4.79 Å². The van der Waals surface area contributed by atoms with E-state index in [9.17, 15) is 4.79 Å². The Labute approximate surface area is 164 Å². The lowest BCUT2D eigenvalue weighted by Crippen LogP contribution is -2.23. The second-order valence-corrected chi connectivity index (χ2v) is 6.80. The summed E-state index contributed by atoms with van der Waals surface area (Å²) in [4.78, 5) is 16.2. The summed E-state index contributed by atoms with van der Waals surface area (Å²) >= 11 is 6.14. The molecular weight excluding hydrogens is 364 g/mol. The van der Waals surface area contributed by atoms with Crippen molar-refractivity contribution in [1.29, 1.82) is 0 Å². The molecule has 0 bridgehead atoms. The highest BCUT2D eigenvalue weighted by Crippen LogP contribution is 2.31. The zero-order chi connectivity index (χ0) is 19.4. The van der Waals surface area contributed by atoms with Crippen molar-refractivity contribution in [3.05, 3.63) is 58.3 Å². The topological polar surface area (TPSA) is 60.5 Å². The van der Waals surface area contributed by atoms with Crippen LogP contribution in [0.2, 0.25) is 5.02 Å². The average molecular weight is 387 g/mol. The molecule has 1 fully saturated rings. The predicted octanol–water partition coefficient (Wildman–Crippen LogP) is 4.16. The zero-order valence-corrected chi connectivity index (χ0v) is 16.5. The van der Waals surface area contributed by atoms with Gasteiger partial charge in [-0.3, -0.25) is 4.79 Å². The Balaban J connectivity index is 2.06. The van der Waals surface area contributed by atoms with Gasteiger partial charge in [0.2, 0.25) is 11.8 Å². The molecule has 6 heteroatoms. The molecule has 142 valence electrons. The van der Waals surface area contributed by atoms with Crippen molar-refractivity contribution in [3.63, 3.8) is 0 Å². The normalized spacial score (nSPS) is 17.0. The number of halogens is 1. The van der Waals surface area contributed by atoms with Crippen LogP contribution in [0.4, 0.5) is 0 Å². The van der Waals surface area contributed by atoms with Gasteiger partial charge in [0, 0.05) is 18.0 Å². The van der Waals surface area contributed by atoms with Crippen LogP contribution in [0.15, 0.2) is 36.4 Å². The maximum atomic E-state index is 11.6. The minimum absolute atomic E-state index is 0.0251. The highest BCUT2D eigenvalue weighted by Gasteiger charge is 2.21. The zero-order valence-electron chi connectivity index (χ0n) is 15.7. The molecule has 0 unspecified atom stereocenters. The summed E-state index contributed by atoms with van der Waals surface area (Å²) in [6.45, 7) is 4.59. The van der Waals surface area contributed by atoms with Gasteiger partial charge in [-0.15, -0.1) is 0 Å². The Bertz CT molecular complexity index is 880. The second-order valence-electron chi connectivity index (χ2n) is 6.39. The maximum absolute atomic E-state index is 11.6. The standard InChI is InChI=1S/C21H23ClN2O3/c1-4-27-19-9-5-14(11-13(19)2)16(12-15-6-10-20(25)23-15)18-8-7-17(22)21(24-18)26-3/h5,7-9,11-12,15H,4,6,10H2,1-3H3,(H,23,25)/b16-12+/t15-/m1/s1.